The summed E-state index contributed by atoms with van der Waals surface area (Å²) >= 11 is 0. The lowest BCUT2D eigenvalue weighted by atomic mass is 10.0. The topological polar surface area (TPSA) is 53.8 Å². The lowest BCUT2D eigenvalue weighted by Gasteiger charge is -2.38. The lowest BCUT2D eigenvalue weighted by molar-refractivity contribution is 0.0932. The van der Waals surface area contributed by atoms with E-state index in [4.69, 9.17) is 4.42 Å². The lowest BCUT2D eigenvalue weighted by Crippen LogP contribution is -2.47. The van der Waals surface area contributed by atoms with Crippen molar-refractivity contribution in [3.63, 3.8) is 0 Å². The number of piperidine rings is 1. The number of halogens is 1. The van der Waals surface area contributed by atoms with Gasteiger partial charge in [0.2, 0.25) is 0 Å². The van der Waals surface area contributed by atoms with Crippen molar-refractivity contribution in [3.05, 3.63) is 113 Å². The Bertz CT molecular complexity index is 1300. The van der Waals surface area contributed by atoms with Crippen molar-refractivity contribution in [2.75, 3.05) is 18.0 Å². The fraction of sp³-hybridized carbons (Fsp3) is 0.214. The normalized spacial score (nSPS) is 14.5. The summed E-state index contributed by atoms with van der Waals surface area (Å²) in [5, 5.41) is 0.481. The minimum atomic E-state index is -0.273. The highest BCUT2D eigenvalue weighted by Crippen LogP contribution is 2.27. The van der Waals surface area contributed by atoms with Gasteiger partial charge in [0.05, 0.1) is 5.39 Å². The van der Waals surface area contributed by atoms with E-state index in [1.165, 1.54) is 11.6 Å². The molecule has 5 nitrogen and oxygen atoms in total. The summed E-state index contributed by atoms with van der Waals surface area (Å²) in [7, 11) is 0. The van der Waals surface area contributed by atoms with Gasteiger partial charge in [0.15, 0.2) is 11.2 Å². The third-order valence-corrected chi connectivity index (χ3v) is 6.27. The summed E-state index contributed by atoms with van der Waals surface area (Å²) in [5.74, 6) is -0.195. The molecule has 0 unspecified atom stereocenters. The summed E-state index contributed by atoms with van der Waals surface area (Å²) in [6, 6.07) is 28.5. The molecule has 1 aliphatic heterocycles. The molecule has 0 saturated carbocycles. The van der Waals surface area contributed by atoms with E-state index in [0.29, 0.717) is 11.0 Å². The second-order valence-electron chi connectivity index (χ2n) is 8.47. The van der Waals surface area contributed by atoms with Crippen LogP contribution in [-0.4, -0.2) is 29.9 Å². The van der Waals surface area contributed by atoms with E-state index in [0.717, 1.165) is 38.2 Å². The number of carbonyl (C=O) groups is 1. The van der Waals surface area contributed by atoms with Crippen LogP contribution in [-0.2, 0) is 6.54 Å². The van der Waals surface area contributed by atoms with Gasteiger partial charge >= 0.3 is 0 Å². The second-order valence-corrected chi connectivity index (χ2v) is 8.47. The number of benzene rings is 3. The van der Waals surface area contributed by atoms with Gasteiger partial charge in [-0.05, 0) is 42.7 Å². The molecule has 2 heterocycles. The monoisotopic (exact) mass is 474 g/mol. The van der Waals surface area contributed by atoms with Crippen molar-refractivity contribution in [3.8, 4) is 0 Å². The van der Waals surface area contributed by atoms with Crippen LogP contribution in [0.25, 0.3) is 11.0 Å². The molecule has 0 N–H and O–H groups in total. The van der Waals surface area contributed by atoms with E-state index in [9.17, 15) is 9.59 Å². The molecule has 174 valence electrons. The minimum absolute atomic E-state index is 0. The molecule has 0 bridgehead atoms. The van der Waals surface area contributed by atoms with Gasteiger partial charge in [-0.15, -0.1) is 12.4 Å². The summed E-state index contributed by atoms with van der Waals surface area (Å²) in [5.41, 5.74) is 2.34. The molecule has 34 heavy (non-hydrogen) atoms. The van der Waals surface area contributed by atoms with Crippen molar-refractivity contribution in [1.29, 1.82) is 0 Å². The average Bonchev–Trinajstić information content (AvgIpc) is 2.86. The SMILES string of the molecule is Cl.O=C(c1cc(=O)c2ccccc2o1)N(c1ccccc1)C1CCN(Cc2ccccc2)CC1. The Kier molecular flexibility index (Phi) is 7.46. The predicted octanol–water partition coefficient (Wildman–Crippen LogP) is 5.53. The van der Waals surface area contributed by atoms with Crippen molar-refractivity contribution in [1.82, 2.24) is 4.90 Å². The van der Waals surface area contributed by atoms with Crippen LogP contribution in [0.2, 0.25) is 0 Å². The largest absolute Gasteiger partial charge is 0.451 e. The van der Waals surface area contributed by atoms with Crippen molar-refractivity contribution in [2.24, 2.45) is 0 Å². The van der Waals surface area contributed by atoms with Gasteiger partial charge in [0, 0.05) is 37.4 Å². The van der Waals surface area contributed by atoms with E-state index in [1.54, 1.807) is 24.3 Å². The highest BCUT2D eigenvalue weighted by molar-refractivity contribution is 6.05. The Hall–Kier alpha value is -3.41. The van der Waals surface area contributed by atoms with Gasteiger partial charge in [0.25, 0.3) is 5.91 Å². The minimum Gasteiger partial charge on any atom is -0.451 e. The summed E-state index contributed by atoms with van der Waals surface area (Å²) < 4.78 is 5.90. The van der Waals surface area contributed by atoms with E-state index in [2.05, 4.69) is 29.2 Å². The Morgan fingerprint density at radius 2 is 1.50 bits per heavy atom. The van der Waals surface area contributed by atoms with Crippen LogP contribution in [0.4, 0.5) is 5.69 Å². The molecule has 3 aromatic carbocycles. The first kappa shape index (κ1) is 23.7. The van der Waals surface area contributed by atoms with Crippen LogP contribution in [0, 0.1) is 0 Å². The molecule has 4 aromatic rings. The van der Waals surface area contributed by atoms with Crippen LogP contribution < -0.4 is 10.3 Å². The highest BCUT2D eigenvalue weighted by Gasteiger charge is 2.31. The smallest absolute Gasteiger partial charge is 0.294 e. The Morgan fingerprint density at radius 1 is 0.882 bits per heavy atom. The average molecular weight is 475 g/mol. The third-order valence-electron chi connectivity index (χ3n) is 6.27. The van der Waals surface area contributed by atoms with Crippen LogP contribution >= 0.6 is 12.4 Å². The van der Waals surface area contributed by atoms with Gasteiger partial charge in [-0.25, -0.2) is 0 Å². The van der Waals surface area contributed by atoms with E-state index < -0.39 is 0 Å². The first-order valence-corrected chi connectivity index (χ1v) is 11.4. The predicted molar refractivity (Wildman–Crippen MR) is 138 cm³/mol. The third kappa shape index (κ3) is 5.06. The van der Waals surface area contributed by atoms with Gasteiger partial charge in [0.1, 0.15) is 5.58 Å². The zero-order valence-electron chi connectivity index (χ0n) is 18.8. The molecule has 1 saturated heterocycles. The number of para-hydroxylation sites is 2. The van der Waals surface area contributed by atoms with Gasteiger partial charge in [-0.2, -0.15) is 0 Å². The van der Waals surface area contributed by atoms with E-state index >= 15 is 0 Å². The van der Waals surface area contributed by atoms with Crippen LogP contribution in [0.15, 0.2) is 100 Å². The highest BCUT2D eigenvalue weighted by atomic mass is 35.5. The first-order valence-electron chi connectivity index (χ1n) is 11.4. The molecule has 1 amide bonds. The molecule has 1 aliphatic rings. The number of amides is 1. The summed E-state index contributed by atoms with van der Waals surface area (Å²) in [4.78, 5) is 30.5. The molecule has 5 rings (SSSR count). The van der Waals surface area contributed by atoms with Gasteiger partial charge < -0.3 is 9.32 Å². The number of anilines is 1. The number of carbonyl (C=O) groups excluding carboxylic acids is 1. The Balaban J connectivity index is 0.00000274. The van der Waals surface area contributed by atoms with Crippen LogP contribution in [0.1, 0.15) is 29.0 Å². The first-order chi connectivity index (χ1) is 16.2. The molecule has 0 atom stereocenters. The number of likely N-dealkylation sites (tertiary alicyclic amines) is 1. The number of nitrogens with zero attached hydrogens (tertiary/aromatic N) is 2. The zero-order valence-corrected chi connectivity index (χ0v) is 19.6. The summed E-state index contributed by atoms with van der Waals surface area (Å²) in [6.07, 6.45) is 1.70. The standard InChI is InChI=1S/C28H26N2O3.ClH/c31-25-19-27(33-26-14-8-7-13-24(25)26)28(32)30(22-11-5-2-6-12-22)23-15-17-29(18-16-23)20-21-9-3-1-4-10-21;/h1-14,19,23H,15-18,20H2;1H. The molecular weight excluding hydrogens is 448 g/mol. The molecule has 0 spiro atoms. The molecular formula is C28H27ClN2O3. The quantitative estimate of drug-likeness (QED) is 0.382. The Labute approximate surface area is 205 Å². The van der Waals surface area contributed by atoms with E-state index in [1.807, 2.05) is 41.3 Å². The van der Waals surface area contributed by atoms with Crippen molar-refractivity contribution >= 4 is 35.0 Å². The fourth-order valence-corrected chi connectivity index (χ4v) is 4.59. The fourth-order valence-electron chi connectivity index (χ4n) is 4.59. The van der Waals surface area contributed by atoms with Gasteiger partial charge in [-0.3, -0.25) is 14.5 Å². The Morgan fingerprint density at radius 3 is 2.21 bits per heavy atom. The van der Waals surface area contributed by atoms with Crippen molar-refractivity contribution in [2.45, 2.75) is 25.4 Å². The molecule has 0 aliphatic carbocycles. The molecule has 1 fully saturated rings. The number of hydrogen-bond donors (Lipinski definition) is 0. The number of fused-ring (bicyclic) bond motifs is 1. The molecule has 0 radical (unpaired) electrons. The van der Waals surface area contributed by atoms with Gasteiger partial charge in [-0.1, -0.05) is 60.7 Å². The number of rotatable bonds is 5. The second kappa shape index (κ2) is 10.7. The zero-order chi connectivity index (χ0) is 22.6. The molecule has 1 aromatic heterocycles. The maximum Gasteiger partial charge on any atom is 0.294 e. The summed E-state index contributed by atoms with van der Waals surface area (Å²) in [6.45, 7) is 2.71. The maximum absolute atomic E-state index is 13.7. The maximum atomic E-state index is 13.7. The van der Waals surface area contributed by atoms with Crippen LogP contribution in [0.3, 0.4) is 0 Å². The number of hydrogen-bond acceptors (Lipinski definition) is 4. The van der Waals surface area contributed by atoms with Crippen molar-refractivity contribution < 1.29 is 9.21 Å². The molecule has 6 heteroatoms. The van der Waals surface area contributed by atoms with E-state index in [-0.39, 0.29) is 35.5 Å². The van der Waals surface area contributed by atoms with Crippen LogP contribution in [0.5, 0.6) is 0 Å².